The second kappa shape index (κ2) is 4.95. The standard InChI is InChI=1S/C12H17NO2S/c1-3-15-12(14)10-7-16-11(13-10)9-5-4-8(2)6-9/h7-9H,3-6H2,1-2H3. The fourth-order valence-electron chi connectivity index (χ4n) is 2.21. The Morgan fingerprint density at radius 3 is 3.06 bits per heavy atom. The Bertz CT molecular complexity index is 375. The molecule has 0 N–H and O–H groups in total. The van der Waals surface area contributed by atoms with Crippen molar-refractivity contribution in [3.05, 3.63) is 16.1 Å². The molecule has 1 aliphatic rings. The second-order valence-corrected chi connectivity index (χ2v) is 5.30. The van der Waals surface area contributed by atoms with Crippen molar-refractivity contribution in [3.63, 3.8) is 0 Å². The lowest BCUT2D eigenvalue weighted by Gasteiger charge is -2.04. The van der Waals surface area contributed by atoms with Gasteiger partial charge >= 0.3 is 5.97 Å². The molecule has 1 heterocycles. The third kappa shape index (κ3) is 2.43. The number of hydrogen-bond donors (Lipinski definition) is 0. The summed E-state index contributed by atoms with van der Waals surface area (Å²) in [6.07, 6.45) is 3.69. The van der Waals surface area contributed by atoms with Crippen molar-refractivity contribution in [1.29, 1.82) is 0 Å². The second-order valence-electron chi connectivity index (χ2n) is 4.41. The number of carbonyl (C=O) groups is 1. The molecule has 0 amide bonds. The molecule has 2 rings (SSSR count). The minimum absolute atomic E-state index is 0.295. The zero-order valence-electron chi connectivity index (χ0n) is 9.73. The van der Waals surface area contributed by atoms with E-state index in [-0.39, 0.29) is 5.97 Å². The summed E-state index contributed by atoms with van der Waals surface area (Å²) >= 11 is 1.59. The smallest absolute Gasteiger partial charge is 0.357 e. The normalized spacial score (nSPS) is 24.6. The number of rotatable bonds is 3. The number of thiazole rings is 1. The molecular weight excluding hydrogens is 222 g/mol. The van der Waals surface area contributed by atoms with Gasteiger partial charge in [-0.15, -0.1) is 11.3 Å². The number of esters is 1. The van der Waals surface area contributed by atoms with Crippen molar-refractivity contribution < 1.29 is 9.53 Å². The highest BCUT2D eigenvalue weighted by Gasteiger charge is 2.26. The molecule has 0 bridgehead atoms. The Labute approximate surface area is 99.8 Å². The molecule has 1 aromatic heterocycles. The van der Waals surface area contributed by atoms with Crippen LogP contribution in [0, 0.1) is 5.92 Å². The summed E-state index contributed by atoms with van der Waals surface area (Å²) in [7, 11) is 0. The number of nitrogens with zero attached hydrogens (tertiary/aromatic N) is 1. The number of aromatic nitrogens is 1. The quantitative estimate of drug-likeness (QED) is 0.760. The van der Waals surface area contributed by atoms with E-state index in [9.17, 15) is 4.79 Å². The average molecular weight is 239 g/mol. The van der Waals surface area contributed by atoms with Crippen LogP contribution in [0.2, 0.25) is 0 Å². The molecule has 0 saturated heterocycles. The molecule has 0 aliphatic heterocycles. The van der Waals surface area contributed by atoms with Crippen molar-refractivity contribution in [3.8, 4) is 0 Å². The maximum absolute atomic E-state index is 11.5. The van der Waals surface area contributed by atoms with Gasteiger partial charge in [-0.3, -0.25) is 0 Å². The van der Waals surface area contributed by atoms with E-state index in [2.05, 4.69) is 11.9 Å². The minimum Gasteiger partial charge on any atom is -0.461 e. The topological polar surface area (TPSA) is 39.2 Å². The summed E-state index contributed by atoms with van der Waals surface area (Å²) < 4.78 is 4.93. The molecule has 0 aromatic carbocycles. The molecule has 2 atom stereocenters. The van der Waals surface area contributed by atoms with Crippen molar-refractivity contribution in [2.24, 2.45) is 5.92 Å². The van der Waals surface area contributed by atoms with Crippen LogP contribution in [0.15, 0.2) is 5.38 Å². The highest BCUT2D eigenvalue weighted by Crippen LogP contribution is 2.39. The molecule has 4 heteroatoms. The van der Waals surface area contributed by atoms with Gasteiger partial charge in [0.2, 0.25) is 0 Å². The number of hydrogen-bond acceptors (Lipinski definition) is 4. The SMILES string of the molecule is CCOC(=O)c1csc(C2CCC(C)C2)n1. The lowest BCUT2D eigenvalue weighted by molar-refractivity contribution is 0.0520. The van der Waals surface area contributed by atoms with E-state index in [4.69, 9.17) is 4.74 Å². The first-order valence-electron chi connectivity index (χ1n) is 5.83. The Morgan fingerprint density at radius 2 is 2.44 bits per heavy atom. The van der Waals surface area contributed by atoms with Gasteiger partial charge in [-0.2, -0.15) is 0 Å². The van der Waals surface area contributed by atoms with Crippen LogP contribution in [-0.2, 0) is 4.74 Å². The summed E-state index contributed by atoms with van der Waals surface area (Å²) in [4.78, 5) is 15.8. The molecule has 0 radical (unpaired) electrons. The summed E-state index contributed by atoms with van der Waals surface area (Å²) in [5.41, 5.74) is 0.474. The molecule has 2 unspecified atom stereocenters. The molecule has 88 valence electrons. The fourth-order valence-corrected chi connectivity index (χ4v) is 3.14. The zero-order valence-corrected chi connectivity index (χ0v) is 10.5. The lowest BCUT2D eigenvalue weighted by atomic mass is 10.1. The average Bonchev–Trinajstić information content (AvgIpc) is 2.85. The molecule has 0 spiro atoms. The third-order valence-corrected chi connectivity index (χ3v) is 4.06. The molecule has 16 heavy (non-hydrogen) atoms. The third-order valence-electron chi connectivity index (χ3n) is 3.05. The number of carbonyl (C=O) groups excluding carboxylic acids is 1. The van der Waals surface area contributed by atoms with Crippen LogP contribution in [0.1, 0.15) is 54.5 Å². The van der Waals surface area contributed by atoms with E-state index in [0.717, 1.165) is 10.9 Å². The molecule has 1 aliphatic carbocycles. The summed E-state index contributed by atoms with van der Waals surface area (Å²) in [5.74, 6) is 1.05. The van der Waals surface area contributed by atoms with E-state index in [1.807, 2.05) is 12.3 Å². The fraction of sp³-hybridized carbons (Fsp3) is 0.667. The van der Waals surface area contributed by atoms with Crippen LogP contribution in [0.5, 0.6) is 0 Å². The predicted octanol–water partition coefficient (Wildman–Crippen LogP) is 3.22. The van der Waals surface area contributed by atoms with Gasteiger partial charge in [0.05, 0.1) is 11.6 Å². The molecule has 1 saturated carbocycles. The summed E-state index contributed by atoms with van der Waals surface area (Å²) in [6, 6.07) is 0. The van der Waals surface area contributed by atoms with Crippen LogP contribution in [0.4, 0.5) is 0 Å². The highest BCUT2D eigenvalue weighted by molar-refractivity contribution is 7.09. The Balaban J connectivity index is 2.04. The van der Waals surface area contributed by atoms with Crippen LogP contribution in [0.3, 0.4) is 0 Å². The van der Waals surface area contributed by atoms with Gasteiger partial charge < -0.3 is 4.74 Å². The first kappa shape index (κ1) is 11.6. The molecule has 1 aromatic rings. The Hall–Kier alpha value is -0.900. The summed E-state index contributed by atoms with van der Waals surface area (Å²) in [6.45, 7) is 4.50. The van der Waals surface area contributed by atoms with E-state index in [0.29, 0.717) is 18.2 Å². The maximum atomic E-state index is 11.5. The van der Waals surface area contributed by atoms with Gasteiger partial charge in [0.25, 0.3) is 0 Å². The zero-order chi connectivity index (χ0) is 11.5. The van der Waals surface area contributed by atoms with Crippen LogP contribution >= 0.6 is 11.3 Å². The van der Waals surface area contributed by atoms with Gasteiger partial charge in [0.1, 0.15) is 0 Å². The van der Waals surface area contributed by atoms with Gasteiger partial charge in [-0.1, -0.05) is 13.3 Å². The van der Waals surface area contributed by atoms with Gasteiger partial charge in [-0.25, -0.2) is 9.78 Å². The van der Waals surface area contributed by atoms with Gasteiger partial charge in [-0.05, 0) is 25.7 Å². The molecule has 1 fully saturated rings. The largest absolute Gasteiger partial charge is 0.461 e. The minimum atomic E-state index is -0.295. The van der Waals surface area contributed by atoms with E-state index in [1.165, 1.54) is 19.3 Å². The highest BCUT2D eigenvalue weighted by atomic mass is 32.1. The van der Waals surface area contributed by atoms with Gasteiger partial charge in [0.15, 0.2) is 5.69 Å². The van der Waals surface area contributed by atoms with Gasteiger partial charge in [0, 0.05) is 11.3 Å². The number of ether oxygens (including phenoxy) is 1. The van der Waals surface area contributed by atoms with Crippen molar-refractivity contribution in [2.75, 3.05) is 6.61 Å². The maximum Gasteiger partial charge on any atom is 0.357 e. The van der Waals surface area contributed by atoms with Crippen LogP contribution in [-0.4, -0.2) is 17.6 Å². The molecular formula is C12H17NO2S. The van der Waals surface area contributed by atoms with Crippen molar-refractivity contribution >= 4 is 17.3 Å². The van der Waals surface area contributed by atoms with Crippen molar-refractivity contribution in [1.82, 2.24) is 4.98 Å². The van der Waals surface area contributed by atoms with Crippen LogP contribution < -0.4 is 0 Å². The van der Waals surface area contributed by atoms with E-state index in [1.54, 1.807) is 11.3 Å². The van der Waals surface area contributed by atoms with E-state index >= 15 is 0 Å². The first-order chi connectivity index (χ1) is 7.70. The monoisotopic (exact) mass is 239 g/mol. The first-order valence-corrected chi connectivity index (χ1v) is 6.71. The van der Waals surface area contributed by atoms with Crippen LogP contribution in [0.25, 0.3) is 0 Å². The Kier molecular flexibility index (Phi) is 3.59. The van der Waals surface area contributed by atoms with Crippen molar-refractivity contribution in [2.45, 2.75) is 39.0 Å². The van der Waals surface area contributed by atoms with E-state index < -0.39 is 0 Å². The lowest BCUT2D eigenvalue weighted by Crippen LogP contribution is -2.05. The predicted molar refractivity (Wildman–Crippen MR) is 63.8 cm³/mol. The Morgan fingerprint density at radius 1 is 1.62 bits per heavy atom. The summed E-state index contributed by atoms with van der Waals surface area (Å²) in [5, 5.41) is 2.92. The molecule has 3 nitrogen and oxygen atoms in total.